The minimum absolute atomic E-state index is 0.310. The molecule has 112 valence electrons. The van der Waals surface area contributed by atoms with Gasteiger partial charge in [-0.1, -0.05) is 11.6 Å². The van der Waals surface area contributed by atoms with Gasteiger partial charge in [-0.2, -0.15) is 0 Å². The molecule has 0 spiro atoms. The first-order valence-corrected chi connectivity index (χ1v) is 7.22. The summed E-state index contributed by atoms with van der Waals surface area (Å²) in [6.07, 6.45) is 0. The summed E-state index contributed by atoms with van der Waals surface area (Å²) in [5.74, 6) is 0. The number of aliphatic hydroxyl groups excluding tert-OH is 1. The van der Waals surface area contributed by atoms with Crippen molar-refractivity contribution in [2.24, 2.45) is 0 Å². The molecule has 0 radical (unpaired) electrons. The van der Waals surface area contributed by atoms with E-state index in [0.717, 1.165) is 18.2 Å². The molecule has 0 aliphatic heterocycles. The van der Waals surface area contributed by atoms with Crippen LogP contribution in [0.5, 0.6) is 0 Å². The highest BCUT2D eigenvalue weighted by atomic mass is 35.5. The van der Waals surface area contributed by atoms with Crippen molar-refractivity contribution in [2.45, 2.75) is 17.4 Å². The van der Waals surface area contributed by atoms with Crippen molar-refractivity contribution in [2.75, 3.05) is 13.2 Å². The summed E-state index contributed by atoms with van der Waals surface area (Å²) in [4.78, 5) is 9.48. The number of sulfonamides is 1. The van der Waals surface area contributed by atoms with Crippen LogP contribution in [0.15, 0.2) is 23.1 Å². The number of nitro benzene ring substituents is 1. The fraction of sp³-hybridized carbons (Fsp3) is 0.400. The molecule has 0 bridgehead atoms. The van der Waals surface area contributed by atoms with Gasteiger partial charge < -0.3 is 10.2 Å². The van der Waals surface area contributed by atoms with Crippen molar-refractivity contribution in [3.8, 4) is 0 Å². The Bertz CT molecular complexity index is 616. The van der Waals surface area contributed by atoms with E-state index in [1.165, 1.54) is 6.92 Å². The number of non-ortho nitro benzene ring substituents is 1. The zero-order valence-electron chi connectivity index (χ0n) is 10.4. The van der Waals surface area contributed by atoms with E-state index in [1.54, 1.807) is 0 Å². The van der Waals surface area contributed by atoms with E-state index in [0.29, 0.717) is 0 Å². The summed E-state index contributed by atoms with van der Waals surface area (Å²) < 4.78 is 25.9. The number of nitro groups is 1. The number of nitrogens with zero attached hydrogens (tertiary/aromatic N) is 1. The molecule has 3 N–H and O–H groups in total. The number of hydrogen-bond acceptors (Lipinski definition) is 6. The van der Waals surface area contributed by atoms with Crippen molar-refractivity contribution in [1.29, 1.82) is 0 Å². The molecular formula is C10H13ClN2O6S. The second-order valence-corrected chi connectivity index (χ2v) is 6.49. The van der Waals surface area contributed by atoms with Crippen molar-refractivity contribution in [3.05, 3.63) is 33.3 Å². The maximum Gasteiger partial charge on any atom is 0.271 e. The largest absolute Gasteiger partial charge is 0.393 e. The second kappa shape index (κ2) is 6.02. The highest BCUT2D eigenvalue weighted by Gasteiger charge is 2.25. The molecule has 0 heterocycles. The maximum atomic E-state index is 11.9. The van der Waals surface area contributed by atoms with Crippen LogP contribution in [0.1, 0.15) is 6.92 Å². The van der Waals surface area contributed by atoms with E-state index in [9.17, 15) is 23.6 Å². The van der Waals surface area contributed by atoms with Crippen LogP contribution in [0, 0.1) is 10.1 Å². The lowest BCUT2D eigenvalue weighted by Gasteiger charge is -2.20. The number of hydrogen-bond donors (Lipinski definition) is 3. The molecule has 10 heteroatoms. The van der Waals surface area contributed by atoms with Crippen LogP contribution >= 0.6 is 11.6 Å². The summed E-state index contributed by atoms with van der Waals surface area (Å²) >= 11 is 5.71. The number of nitrogens with one attached hydrogen (secondary N) is 1. The first-order chi connectivity index (χ1) is 9.09. The Hall–Kier alpha value is -1.26. The topological polar surface area (TPSA) is 130 Å². The van der Waals surface area contributed by atoms with Crippen LogP contribution in [0.25, 0.3) is 0 Å². The van der Waals surface area contributed by atoms with Gasteiger partial charge in [0.05, 0.1) is 22.2 Å². The highest BCUT2D eigenvalue weighted by molar-refractivity contribution is 7.89. The number of rotatable bonds is 6. The van der Waals surface area contributed by atoms with Crippen LogP contribution in [-0.4, -0.2) is 42.3 Å². The molecule has 0 fully saturated rings. The van der Waals surface area contributed by atoms with Gasteiger partial charge in [0, 0.05) is 18.7 Å². The molecule has 1 aromatic carbocycles. The van der Waals surface area contributed by atoms with Gasteiger partial charge in [0.2, 0.25) is 10.0 Å². The standard InChI is InChI=1S/C10H13ClN2O6S/c1-10(15,6-14)5-12-20(18,19)9-3-2-7(13(16)17)4-8(9)11/h2-4,12,14-15H,5-6H2,1H3. The molecule has 8 nitrogen and oxygen atoms in total. The van der Waals surface area contributed by atoms with Gasteiger partial charge in [0.1, 0.15) is 4.90 Å². The lowest BCUT2D eigenvalue weighted by molar-refractivity contribution is -0.384. The van der Waals surface area contributed by atoms with Crippen molar-refractivity contribution in [1.82, 2.24) is 4.72 Å². The summed E-state index contributed by atoms with van der Waals surface area (Å²) in [6, 6.07) is 2.92. The lowest BCUT2D eigenvalue weighted by Crippen LogP contribution is -2.43. The van der Waals surface area contributed by atoms with Gasteiger partial charge in [-0.3, -0.25) is 10.1 Å². The molecule has 1 aromatic rings. The smallest absolute Gasteiger partial charge is 0.271 e. The van der Waals surface area contributed by atoms with Gasteiger partial charge in [0.15, 0.2) is 0 Å². The van der Waals surface area contributed by atoms with Gasteiger partial charge in [-0.15, -0.1) is 0 Å². The van der Waals surface area contributed by atoms with Crippen LogP contribution < -0.4 is 4.72 Å². The van der Waals surface area contributed by atoms with Crippen LogP contribution in [0.2, 0.25) is 5.02 Å². The van der Waals surface area contributed by atoms with Gasteiger partial charge in [-0.05, 0) is 13.0 Å². The van der Waals surface area contributed by atoms with Gasteiger partial charge >= 0.3 is 0 Å². The van der Waals surface area contributed by atoms with Crippen LogP contribution in [0.4, 0.5) is 5.69 Å². The normalized spacial score (nSPS) is 14.8. The van der Waals surface area contributed by atoms with E-state index >= 15 is 0 Å². The molecule has 1 rings (SSSR count). The molecule has 0 amide bonds. The van der Waals surface area contributed by atoms with E-state index in [2.05, 4.69) is 4.72 Å². The average molecular weight is 325 g/mol. The van der Waals surface area contributed by atoms with Crippen LogP contribution in [-0.2, 0) is 10.0 Å². The number of aliphatic hydroxyl groups is 2. The van der Waals surface area contributed by atoms with Crippen molar-refractivity contribution < 1.29 is 23.6 Å². The Morgan fingerprint density at radius 2 is 2.10 bits per heavy atom. The zero-order chi connectivity index (χ0) is 15.6. The molecule has 0 aromatic heterocycles. The Kier molecular flexibility index (Phi) is 5.05. The van der Waals surface area contributed by atoms with E-state index in [4.69, 9.17) is 16.7 Å². The van der Waals surface area contributed by atoms with Gasteiger partial charge in [-0.25, -0.2) is 13.1 Å². The Labute approximate surface area is 120 Å². The minimum atomic E-state index is -4.05. The van der Waals surface area contributed by atoms with E-state index in [1.807, 2.05) is 0 Å². The minimum Gasteiger partial charge on any atom is -0.393 e. The quantitative estimate of drug-likeness (QED) is 0.508. The predicted molar refractivity (Wildman–Crippen MR) is 71.0 cm³/mol. The predicted octanol–water partition coefficient (Wildman–Crippen LogP) is 0.270. The molecule has 0 saturated carbocycles. The second-order valence-electron chi connectivity index (χ2n) is 4.35. The fourth-order valence-electron chi connectivity index (χ4n) is 1.21. The first kappa shape index (κ1) is 16.8. The molecule has 1 atom stereocenters. The Balaban J connectivity index is 3.02. The SMILES string of the molecule is CC(O)(CO)CNS(=O)(=O)c1ccc([N+](=O)[O-])cc1Cl. The Morgan fingerprint density at radius 3 is 2.55 bits per heavy atom. The van der Waals surface area contributed by atoms with Crippen LogP contribution in [0.3, 0.4) is 0 Å². The maximum absolute atomic E-state index is 11.9. The summed E-state index contributed by atoms with van der Waals surface area (Å²) in [7, 11) is -4.05. The Morgan fingerprint density at radius 1 is 1.50 bits per heavy atom. The third kappa shape index (κ3) is 4.12. The lowest BCUT2D eigenvalue weighted by atomic mass is 10.1. The molecule has 20 heavy (non-hydrogen) atoms. The number of halogens is 1. The van der Waals surface area contributed by atoms with E-state index < -0.39 is 33.7 Å². The first-order valence-electron chi connectivity index (χ1n) is 5.36. The molecular weight excluding hydrogens is 312 g/mol. The average Bonchev–Trinajstić information content (AvgIpc) is 2.36. The van der Waals surface area contributed by atoms with E-state index in [-0.39, 0.29) is 15.6 Å². The third-order valence-electron chi connectivity index (χ3n) is 2.40. The fourth-order valence-corrected chi connectivity index (χ4v) is 2.90. The highest BCUT2D eigenvalue weighted by Crippen LogP contribution is 2.26. The third-order valence-corrected chi connectivity index (χ3v) is 4.28. The van der Waals surface area contributed by atoms with Gasteiger partial charge in [0.25, 0.3) is 5.69 Å². The summed E-state index contributed by atoms with van der Waals surface area (Å²) in [5.41, 5.74) is -1.96. The van der Waals surface area contributed by atoms with Crippen molar-refractivity contribution in [3.63, 3.8) is 0 Å². The number of benzene rings is 1. The zero-order valence-corrected chi connectivity index (χ0v) is 12.0. The van der Waals surface area contributed by atoms with Crippen molar-refractivity contribution >= 4 is 27.3 Å². The molecule has 0 aliphatic carbocycles. The summed E-state index contributed by atoms with van der Waals surface area (Å²) in [6.45, 7) is 0.176. The summed E-state index contributed by atoms with van der Waals surface area (Å²) in [5, 5.41) is 28.6. The molecule has 0 aliphatic rings. The molecule has 1 unspecified atom stereocenters. The molecule has 0 saturated heterocycles. The monoisotopic (exact) mass is 324 g/mol.